The van der Waals surface area contributed by atoms with E-state index in [0.717, 1.165) is 5.56 Å². The van der Waals surface area contributed by atoms with Crippen LogP contribution in [0.3, 0.4) is 0 Å². The normalized spacial score (nSPS) is 12.7. The van der Waals surface area contributed by atoms with E-state index in [0.29, 0.717) is 10.4 Å². The van der Waals surface area contributed by atoms with Crippen LogP contribution in [0, 0.1) is 6.92 Å². The van der Waals surface area contributed by atoms with E-state index in [9.17, 15) is 13.2 Å². The van der Waals surface area contributed by atoms with Crippen LogP contribution in [0.2, 0.25) is 0 Å². The highest BCUT2D eigenvalue weighted by Crippen LogP contribution is 2.35. The lowest BCUT2D eigenvalue weighted by Gasteiger charge is -2.16. The van der Waals surface area contributed by atoms with Crippen LogP contribution < -0.4 is 0 Å². The molecule has 0 spiro atoms. The van der Waals surface area contributed by atoms with Crippen molar-refractivity contribution in [2.24, 2.45) is 0 Å². The van der Waals surface area contributed by atoms with Gasteiger partial charge in [-0.25, -0.2) is 8.42 Å². The quantitative estimate of drug-likeness (QED) is 0.583. The van der Waals surface area contributed by atoms with Crippen LogP contribution in [-0.4, -0.2) is 14.2 Å². The second-order valence-electron chi connectivity index (χ2n) is 5.86. The maximum Gasteiger partial charge on any atom is 0.186 e. The van der Waals surface area contributed by atoms with E-state index in [2.05, 4.69) is 0 Å². The van der Waals surface area contributed by atoms with E-state index < -0.39 is 15.1 Å². The Labute approximate surface area is 151 Å². The van der Waals surface area contributed by atoms with Gasteiger partial charge in [-0.15, -0.1) is 11.3 Å². The van der Waals surface area contributed by atoms with E-state index in [-0.39, 0.29) is 17.1 Å². The van der Waals surface area contributed by atoms with Gasteiger partial charge in [0.15, 0.2) is 15.6 Å². The Balaban J connectivity index is 1.98. The first kappa shape index (κ1) is 17.6. The van der Waals surface area contributed by atoms with Gasteiger partial charge in [0.2, 0.25) is 0 Å². The van der Waals surface area contributed by atoms with E-state index in [1.54, 1.807) is 54.6 Å². The van der Waals surface area contributed by atoms with Crippen LogP contribution >= 0.6 is 11.3 Å². The molecule has 0 fully saturated rings. The molecule has 0 aliphatic heterocycles. The van der Waals surface area contributed by atoms with Crippen molar-refractivity contribution in [3.63, 3.8) is 0 Å². The minimum absolute atomic E-state index is 0.0687. The van der Waals surface area contributed by atoms with Crippen LogP contribution in [0.15, 0.2) is 77.0 Å². The summed E-state index contributed by atoms with van der Waals surface area (Å²) in [6, 6.07) is 19.2. The van der Waals surface area contributed by atoms with Gasteiger partial charge in [0.25, 0.3) is 0 Å². The van der Waals surface area contributed by atoms with Gasteiger partial charge in [0.1, 0.15) is 5.25 Å². The van der Waals surface area contributed by atoms with Crippen molar-refractivity contribution in [3.05, 3.63) is 88.1 Å². The average molecular weight is 370 g/mol. The summed E-state index contributed by atoms with van der Waals surface area (Å²) in [5.74, 6) is -0.172. The van der Waals surface area contributed by atoms with Crippen LogP contribution in [0.5, 0.6) is 0 Å². The Morgan fingerprint density at radius 3 is 2.24 bits per heavy atom. The van der Waals surface area contributed by atoms with E-state index in [1.807, 2.05) is 24.4 Å². The van der Waals surface area contributed by atoms with Crippen LogP contribution in [0.25, 0.3) is 0 Å². The van der Waals surface area contributed by atoms with Gasteiger partial charge in [0, 0.05) is 16.9 Å². The number of benzene rings is 2. The molecular formula is C20H18O3S2. The lowest BCUT2D eigenvalue weighted by molar-refractivity contribution is 0.0981. The number of Topliss-reactive ketones (excluding diaryl/α,β-unsaturated/α-hetero) is 1. The van der Waals surface area contributed by atoms with Gasteiger partial charge in [-0.05, 0) is 30.5 Å². The zero-order valence-electron chi connectivity index (χ0n) is 13.8. The molecule has 0 aliphatic carbocycles. The molecule has 0 amide bonds. The second kappa shape index (κ2) is 7.33. The summed E-state index contributed by atoms with van der Waals surface area (Å²) >= 11 is 1.36. The topological polar surface area (TPSA) is 51.2 Å². The minimum atomic E-state index is -3.65. The monoisotopic (exact) mass is 370 g/mol. The van der Waals surface area contributed by atoms with Crippen LogP contribution in [0.4, 0.5) is 0 Å². The number of carbonyl (C=O) groups excluding carboxylic acids is 1. The van der Waals surface area contributed by atoms with E-state index >= 15 is 0 Å². The third-order valence-electron chi connectivity index (χ3n) is 4.05. The zero-order chi connectivity index (χ0) is 17.9. The van der Waals surface area contributed by atoms with E-state index in [1.165, 1.54) is 11.3 Å². The fourth-order valence-electron chi connectivity index (χ4n) is 2.64. The third kappa shape index (κ3) is 3.89. The molecule has 1 atom stereocenters. The predicted molar refractivity (Wildman–Crippen MR) is 101 cm³/mol. The molecule has 0 saturated heterocycles. The van der Waals surface area contributed by atoms with Gasteiger partial charge in [-0.2, -0.15) is 0 Å². The highest BCUT2D eigenvalue weighted by Gasteiger charge is 2.32. The molecule has 0 N–H and O–H groups in total. The summed E-state index contributed by atoms with van der Waals surface area (Å²) in [7, 11) is -3.65. The van der Waals surface area contributed by atoms with Crippen molar-refractivity contribution in [1.29, 1.82) is 0 Å². The van der Waals surface area contributed by atoms with Crippen molar-refractivity contribution in [3.8, 4) is 0 Å². The zero-order valence-corrected chi connectivity index (χ0v) is 15.4. The van der Waals surface area contributed by atoms with Gasteiger partial charge in [0.05, 0.1) is 4.90 Å². The van der Waals surface area contributed by atoms with Crippen molar-refractivity contribution < 1.29 is 13.2 Å². The summed E-state index contributed by atoms with van der Waals surface area (Å²) < 4.78 is 26.3. The van der Waals surface area contributed by atoms with Crippen molar-refractivity contribution in [2.45, 2.75) is 23.5 Å². The van der Waals surface area contributed by atoms with Crippen molar-refractivity contribution in [1.82, 2.24) is 0 Å². The van der Waals surface area contributed by atoms with Gasteiger partial charge >= 0.3 is 0 Å². The molecular weight excluding hydrogens is 352 g/mol. The van der Waals surface area contributed by atoms with Crippen molar-refractivity contribution >= 4 is 27.0 Å². The maximum atomic E-state index is 13.2. The molecule has 3 nitrogen and oxygen atoms in total. The number of hydrogen-bond acceptors (Lipinski definition) is 4. The van der Waals surface area contributed by atoms with Gasteiger partial charge in [-0.1, -0.05) is 54.1 Å². The molecule has 0 unspecified atom stereocenters. The van der Waals surface area contributed by atoms with Crippen molar-refractivity contribution in [2.75, 3.05) is 0 Å². The standard InChI is InChI=1S/C20H18O3S2/c1-15-9-11-17(12-10-15)25(22,23)20(19-8-5-13-24-19)14-18(21)16-6-3-2-4-7-16/h2-13,20H,14H2,1H3/t20-/m1/s1. The van der Waals surface area contributed by atoms with Crippen LogP contribution in [-0.2, 0) is 9.84 Å². The second-order valence-corrected chi connectivity index (χ2v) is 8.97. The number of ketones is 1. The smallest absolute Gasteiger partial charge is 0.186 e. The molecule has 0 bridgehead atoms. The highest BCUT2D eigenvalue weighted by atomic mass is 32.2. The first-order chi connectivity index (χ1) is 12.0. The maximum absolute atomic E-state index is 13.2. The van der Waals surface area contributed by atoms with Crippen LogP contribution in [0.1, 0.15) is 32.5 Å². The van der Waals surface area contributed by atoms with Gasteiger partial charge < -0.3 is 0 Å². The third-order valence-corrected chi connectivity index (χ3v) is 7.29. The Morgan fingerprint density at radius 2 is 1.64 bits per heavy atom. The summed E-state index contributed by atoms with van der Waals surface area (Å²) in [4.78, 5) is 13.6. The SMILES string of the molecule is Cc1ccc(S(=O)(=O)[C@H](CC(=O)c2ccccc2)c2cccs2)cc1. The fraction of sp³-hybridized carbons (Fsp3) is 0.150. The average Bonchev–Trinajstić information content (AvgIpc) is 3.14. The Hall–Kier alpha value is -2.24. The molecule has 2 aromatic carbocycles. The molecule has 128 valence electrons. The predicted octanol–water partition coefficient (Wildman–Crippen LogP) is 4.84. The summed E-state index contributed by atoms with van der Waals surface area (Å²) in [5, 5.41) is 0.961. The molecule has 0 saturated carbocycles. The summed E-state index contributed by atoms with van der Waals surface area (Å²) in [6.45, 7) is 1.91. The number of aryl methyl sites for hydroxylation is 1. The molecule has 0 aliphatic rings. The molecule has 3 rings (SSSR count). The van der Waals surface area contributed by atoms with E-state index in [4.69, 9.17) is 0 Å². The molecule has 1 heterocycles. The molecule has 3 aromatic rings. The number of sulfone groups is 1. The number of hydrogen-bond donors (Lipinski definition) is 0. The first-order valence-corrected chi connectivity index (χ1v) is 10.3. The fourth-order valence-corrected chi connectivity index (χ4v) is 5.49. The number of rotatable bonds is 6. The molecule has 25 heavy (non-hydrogen) atoms. The highest BCUT2D eigenvalue weighted by molar-refractivity contribution is 7.91. The summed E-state index contributed by atoms with van der Waals surface area (Å²) in [6.07, 6.45) is -0.0687. The Bertz CT molecular complexity index is 942. The summed E-state index contributed by atoms with van der Waals surface area (Å²) in [5.41, 5.74) is 1.52. The molecule has 1 aromatic heterocycles. The number of thiophene rings is 1. The first-order valence-electron chi connectivity index (χ1n) is 7.90. The lowest BCUT2D eigenvalue weighted by atomic mass is 10.1. The minimum Gasteiger partial charge on any atom is -0.294 e. The molecule has 5 heteroatoms. The Kier molecular flexibility index (Phi) is 5.16. The lowest BCUT2D eigenvalue weighted by Crippen LogP contribution is -2.17. The van der Waals surface area contributed by atoms with Gasteiger partial charge in [-0.3, -0.25) is 4.79 Å². The molecule has 0 radical (unpaired) electrons. The largest absolute Gasteiger partial charge is 0.294 e. The Morgan fingerprint density at radius 1 is 0.960 bits per heavy atom. The number of carbonyl (C=O) groups is 1.